The highest BCUT2D eigenvalue weighted by molar-refractivity contribution is 7.98. The van der Waals surface area contributed by atoms with E-state index in [1.807, 2.05) is 23.0 Å². The van der Waals surface area contributed by atoms with Crippen molar-refractivity contribution in [3.8, 4) is 11.3 Å². The first-order chi connectivity index (χ1) is 11.9. The molecule has 1 unspecified atom stereocenters. The lowest BCUT2D eigenvalue weighted by Crippen LogP contribution is -2.36. The number of nitrogens with zero attached hydrogens (tertiary/aromatic N) is 4. The average molecular weight is 353 g/mol. The van der Waals surface area contributed by atoms with Gasteiger partial charge in [0.25, 0.3) is 5.78 Å². The number of hydrogen-bond donors (Lipinski definition) is 1. The van der Waals surface area contributed by atoms with Crippen LogP contribution in [0, 0.1) is 6.92 Å². The number of anilines is 1. The van der Waals surface area contributed by atoms with Gasteiger partial charge in [0.15, 0.2) is 0 Å². The van der Waals surface area contributed by atoms with Crippen LogP contribution in [-0.4, -0.2) is 31.4 Å². The third kappa shape index (κ3) is 2.78. The minimum atomic E-state index is 0.128. The van der Waals surface area contributed by atoms with Crippen LogP contribution < -0.4 is 5.32 Å². The highest BCUT2D eigenvalue weighted by Crippen LogP contribution is 2.41. The van der Waals surface area contributed by atoms with Gasteiger partial charge in [-0.1, -0.05) is 18.7 Å². The summed E-state index contributed by atoms with van der Waals surface area (Å²) in [6, 6.07) is 6.60. The fourth-order valence-electron chi connectivity index (χ4n) is 3.87. The topological polar surface area (TPSA) is 55.1 Å². The van der Waals surface area contributed by atoms with Crippen LogP contribution in [0.4, 0.5) is 5.69 Å². The second kappa shape index (κ2) is 5.73. The number of benzene rings is 1. The van der Waals surface area contributed by atoms with Crippen LogP contribution in [0.2, 0.25) is 0 Å². The molecule has 3 aromatic rings. The molecule has 0 saturated carbocycles. The van der Waals surface area contributed by atoms with Crippen molar-refractivity contribution < 1.29 is 0 Å². The SMILES string of the molecule is CSc1nc2nccc(-c3cc4c(cc3C)NC(C)(C)CC4C)n2n1. The molecule has 0 aliphatic carbocycles. The number of rotatable bonds is 2. The standard InChI is InChI=1S/C19H23N5S/c1-11-8-15-13(12(2)10-19(3,4)22-15)9-14(11)16-6-7-20-17-21-18(25-5)23-24(16)17/h6-9,12,22H,10H2,1-5H3. The van der Waals surface area contributed by atoms with Gasteiger partial charge in [-0.15, -0.1) is 5.10 Å². The van der Waals surface area contributed by atoms with Crippen LogP contribution in [0.15, 0.2) is 29.6 Å². The van der Waals surface area contributed by atoms with Crippen LogP contribution in [0.1, 0.15) is 44.2 Å². The summed E-state index contributed by atoms with van der Waals surface area (Å²) in [5.41, 5.74) is 6.20. The molecule has 25 heavy (non-hydrogen) atoms. The number of nitrogens with one attached hydrogen (secondary N) is 1. The summed E-state index contributed by atoms with van der Waals surface area (Å²) in [7, 11) is 0. The Labute approximate surface area is 152 Å². The first-order valence-electron chi connectivity index (χ1n) is 8.57. The molecule has 6 heteroatoms. The normalized spacial score (nSPS) is 18.8. The molecule has 2 aromatic heterocycles. The number of fused-ring (bicyclic) bond motifs is 2. The Morgan fingerprint density at radius 1 is 1.32 bits per heavy atom. The molecule has 0 saturated heterocycles. The monoisotopic (exact) mass is 353 g/mol. The Morgan fingerprint density at radius 2 is 2.12 bits per heavy atom. The Hall–Kier alpha value is -2.08. The summed E-state index contributed by atoms with van der Waals surface area (Å²) in [6.07, 6.45) is 4.91. The van der Waals surface area contributed by atoms with Crippen molar-refractivity contribution in [1.82, 2.24) is 19.6 Å². The van der Waals surface area contributed by atoms with E-state index in [0.717, 1.165) is 17.3 Å². The van der Waals surface area contributed by atoms with Gasteiger partial charge in [-0.05, 0) is 68.7 Å². The van der Waals surface area contributed by atoms with E-state index < -0.39 is 0 Å². The third-order valence-corrected chi connectivity index (χ3v) is 5.43. The molecule has 0 bridgehead atoms. The molecule has 0 radical (unpaired) electrons. The smallest absolute Gasteiger partial charge is 0.253 e. The zero-order valence-electron chi connectivity index (χ0n) is 15.3. The molecule has 1 aromatic carbocycles. The van der Waals surface area contributed by atoms with Crippen LogP contribution in [-0.2, 0) is 0 Å². The highest BCUT2D eigenvalue weighted by Gasteiger charge is 2.30. The lowest BCUT2D eigenvalue weighted by atomic mass is 9.80. The van der Waals surface area contributed by atoms with E-state index >= 15 is 0 Å². The molecule has 0 amide bonds. The summed E-state index contributed by atoms with van der Waals surface area (Å²) in [5, 5.41) is 9.02. The van der Waals surface area contributed by atoms with Crippen LogP contribution in [0.25, 0.3) is 17.0 Å². The summed E-state index contributed by atoms with van der Waals surface area (Å²) in [6.45, 7) is 9.00. The Morgan fingerprint density at radius 3 is 2.88 bits per heavy atom. The minimum absolute atomic E-state index is 0.128. The summed E-state index contributed by atoms with van der Waals surface area (Å²) in [4.78, 5) is 8.81. The van der Waals surface area contributed by atoms with E-state index in [1.165, 1.54) is 34.1 Å². The summed E-state index contributed by atoms with van der Waals surface area (Å²) < 4.78 is 1.85. The second-order valence-corrected chi connectivity index (χ2v) is 8.28. The van der Waals surface area contributed by atoms with Crippen molar-refractivity contribution in [3.63, 3.8) is 0 Å². The molecule has 1 N–H and O–H groups in total. The van der Waals surface area contributed by atoms with E-state index in [1.54, 1.807) is 0 Å². The van der Waals surface area contributed by atoms with Crippen molar-refractivity contribution in [2.24, 2.45) is 0 Å². The van der Waals surface area contributed by atoms with Gasteiger partial charge in [0.05, 0.1) is 5.69 Å². The van der Waals surface area contributed by atoms with E-state index in [4.69, 9.17) is 0 Å². The second-order valence-electron chi connectivity index (χ2n) is 7.51. The Kier molecular flexibility index (Phi) is 3.76. The van der Waals surface area contributed by atoms with Crippen molar-refractivity contribution in [2.45, 2.75) is 50.7 Å². The lowest BCUT2D eigenvalue weighted by molar-refractivity contribution is 0.454. The van der Waals surface area contributed by atoms with Gasteiger partial charge >= 0.3 is 0 Å². The molecule has 1 aliphatic heterocycles. The van der Waals surface area contributed by atoms with Crippen LogP contribution in [0.3, 0.4) is 0 Å². The zero-order valence-corrected chi connectivity index (χ0v) is 16.1. The van der Waals surface area contributed by atoms with Gasteiger partial charge in [-0.3, -0.25) is 0 Å². The predicted molar refractivity (Wildman–Crippen MR) is 103 cm³/mol. The van der Waals surface area contributed by atoms with Crippen LogP contribution in [0.5, 0.6) is 0 Å². The number of aromatic nitrogens is 4. The maximum absolute atomic E-state index is 4.59. The number of thioether (sulfide) groups is 1. The molecule has 130 valence electrons. The number of aryl methyl sites for hydroxylation is 1. The molecule has 0 fully saturated rings. The van der Waals surface area contributed by atoms with E-state index in [0.29, 0.717) is 11.7 Å². The Bertz CT molecular complexity index is 960. The molecular formula is C19H23N5S. The van der Waals surface area contributed by atoms with Crippen molar-refractivity contribution >= 4 is 23.2 Å². The van der Waals surface area contributed by atoms with E-state index in [-0.39, 0.29) is 5.54 Å². The van der Waals surface area contributed by atoms with Gasteiger partial charge in [-0.2, -0.15) is 9.50 Å². The van der Waals surface area contributed by atoms with Crippen molar-refractivity contribution in [2.75, 3.05) is 11.6 Å². The van der Waals surface area contributed by atoms with Gasteiger partial charge < -0.3 is 5.32 Å². The highest BCUT2D eigenvalue weighted by atomic mass is 32.2. The van der Waals surface area contributed by atoms with E-state index in [2.05, 4.69) is 60.2 Å². The number of hydrogen-bond acceptors (Lipinski definition) is 5. The molecule has 0 spiro atoms. The van der Waals surface area contributed by atoms with Gasteiger partial charge in [0, 0.05) is 23.0 Å². The zero-order chi connectivity index (χ0) is 17.8. The molecule has 1 atom stereocenters. The van der Waals surface area contributed by atoms with E-state index in [9.17, 15) is 0 Å². The fourth-order valence-corrected chi connectivity index (χ4v) is 4.21. The van der Waals surface area contributed by atoms with Crippen LogP contribution >= 0.6 is 11.8 Å². The molecule has 4 rings (SSSR count). The predicted octanol–water partition coefficient (Wildman–Crippen LogP) is 4.52. The van der Waals surface area contributed by atoms with Gasteiger partial charge in [-0.25, -0.2) is 4.98 Å². The average Bonchev–Trinajstić information content (AvgIpc) is 2.96. The van der Waals surface area contributed by atoms with Crippen molar-refractivity contribution in [3.05, 3.63) is 35.5 Å². The summed E-state index contributed by atoms with van der Waals surface area (Å²) >= 11 is 1.53. The molecule has 3 heterocycles. The molecule has 5 nitrogen and oxygen atoms in total. The third-order valence-electron chi connectivity index (χ3n) is 4.90. The quantitative estimate of drug-likeness (QED) is 0.687. The first kappa shape index (κ1) is 16.4. The lowest BCUT2D eigenvalue weighted by Gasteiger charge is -2.38. The van der Waals surface area contributed by atoms with Gasteiger partial charge in [0.1, 0.15) is 0 Å². The largest absolute Gasteiger partial charge is 0.380 e. The maximum atomic E-state index is 4.59. The Balaban J connectivity index is 1.90. The minimum Gasteiger partial charge on any atom is -0.380 e. The summed E-state index contributed by atoms with van der Waals surface area (Å²) in [5.74, 6) is 1.16. The fraction of sp³-hybridized carbons (Fsp3) is 0.421. The van der Waals surface area contributed by atoms with Crippen molar-refractivity contribution in [1.29, 1.82) is 0 Å². The van der Waals surface area contributed by atoms with Gasteiger partial charge in [0.2, 0.25) is 5.16 Å². The molecular weight excluding hydrogens is 330 g/mol. The molecule has 1 aliphatic rings. The first-order valence-corrected chi connectivity index (χ1v) is 9.79. The maximum Gasteiger partial charge on any atom is 0.253 e.